The lowest BCUT2D eigenvalue weighted by Crippen LogP contribution is -2.37. The summed E-state index contributed by atoms with van der Waals surface area (Å²) in [6.45, 7) is 0.991. The number of ether oxygens (including phenoxy) is 2. The summed E-state index contributed by atoms with van der Waals surface area (Å²) < 4.78 is 26.2. The van der Waals surface area contributed by atoms with Gasteiger partial charge in [-0.3, -0.25) is 4.79 Å². The van der Waals surface area contributed by atoms with Crippen LogP contribution >= 0.6 is 0 Å². The van der Waals surface area contributed by atoms with E-state index in [1.165, 1.54) is 6.07 Å². The van der Waals surface area contributed by atoms with E-state index < -0.39 is 11.2 Å². The summed E-state index contributed by atoms with van der Waals surface area (Å²) in [6, 6.07) is 13.7. The first-order chi connectivity index (χ1) is 14.6. The maximum absolute atomic E-state index is 15.0. The molecule has 3 aromatic carbocycles. The number of hydrogen-bond acceptors (Lipinski definition) is 4. The number of hydrogen-bond donors (Lipinski definition) is 2. The molecule has 3 aliphatic heterocycles. The second-order valence-corrected chi connectivity index (χ2v) is 7.86. The van der Waals surface area contributed by atoms with Crippen LogP contribution in [0.3, 0.4) is 0 Å². The largest absolute Gasteiger partial charge is 0.508 e. The van der Waals surface area contributed by atoms with Crippen LogP contribution in [0.5, 0.6) is 17.2 Å². The Kier molecular flexibility index (Phi) is 3.46. The van der Waals surface area contributed by atoms with Crippen molar-refractivity contribution in [1.29, 1.82) is 0 Å². The third-order valence-corrected chi connectivity index (χ3v) is 6.34. The Balaban J connectivity index is 1.68. The van der Waals surface area contributed by atoms with E-state index in [9.17, 15) is 9.90 Å². The Labute approximate surface area is 172 Å². The molecule has 0 saturated heterocycles. The molecule has 150 valence electrons. The number of amides is 1. The van der Waals surface area contributed by atoms with Crippen LogP contribution in [0.25, 0.3) is 0 Å². The number of nitrogens with one attached hydrogen (secondary N) is 1. The van der Waals surface area contributed by atoms with E-state index in [4.69, 9.17) is 9.47 Å². The van der Waals surface area contributed by atoms with E-state index in [1.54, 1.807) is 24.3 Å². The number of rotatable bonds is 2. The highest BCUT2D eigenvalue weighted by atomic mass is 19.1. The quantitative estimate of drug-likeness (QED) is 0.685. The summed E-state index contributed by atoms with van der Waals surface area (Å²) in [4.78, 5) is 13.7. The Morgan fingerprint density at radius 1 is 0.967 bits per heavy atom. The maximum atomic E-state index is 15.0. The van der Waals surface area contributed by atoms with Crippen LogP contribution in [0.2, 0.25) is 0 Å². The summed E-state index contributed by atoms with van der Waals surface area (Å²) in [7, 11) is 0. The Morgan fingerprint density at radius 3 is 2.57 bits per heavy atom. The van der Waals surface area contributed by atoms with Gasteiger partial charge in [-0.1, -0.05) is 24.3 Å². The highest BCUT2D eigenvalue weighted by molar-refractivity contribution is 6.12. The van der Waals surface area contributed by atoms with Crippen molar-refractivity contribution in [3.05, 3.63) is 82.2 Å². The van der Waals surface area contributed by atoms with Gasteiger partial charge >= 0.3 is 0 Å². The van der Waals surface area contributed by atoms with Crippen LogP contribution in [0, 0.1) is 5.82 Å². The zero-order valence-corrected chi connectivity index (χ0v) is 16.0. The molecule has 0 aliphatic carbocycles. The fourth-order valence-corrected chi connectivity index (χ4v) is 4.95. The van der Waals surface area contributed by atoms with Crippen molar-refractivity contribution in [2.24, 2.45) is 0 Å². The number of carbonyl (C=O) groups excluding carboxylic acids is 1. The van der Waals surface area contributed by atoms with Crippen molar-refractivity contribution in [2.45, 2.75) is 18.3 Å². The van der Waals surface area contributed by atoms with Crippen LogP contribution < -0.4 is 14.8 Å². The minimum atomic E-state index is -1.26. The Bertz CT molecular complexity index is 1220. The molecule has 3 heterocycles. The van der Waals surface area contributed by atoms with Gasteiger partial charge in [-0.15, -0.1) is 0 Å². The molecule has 1 unspecified atom stereocenters. The minimum Gasteiger partial charge on any atom is -0.508 e. The smallest absolute Gasteiger partial charge is 0.244 e. The van der Waals surface area contributed by atoms with Gasteiger partial charge in [0.25, 0.3) is 0 Å². The number of phenols is 1. The fourth-order valence-electron chi connectivity index (χ4n) is 4.95. The molecular weight excluding hydrogens is 385 g/mol. The second-order valence-electron chi connectivity index (χ2n) is 7.86. The topological polar surface area (TPSA) is 67.8 Å². The van der Waals surface area contributed by atoms with Crippen LogP contribution in [0.4, 0.5) is 10.1 Å². The maximum Gasteiger partial charge on any atom is 0.244 e. The molecule has 0 spiro atoms. The predicted octanol–water partition coefficient (Wildman–Crippen LogP) is 3.69. The van der Waals surface area contributed by atoms with E-state index >= 15 is 4.39 Å². The van der Waals surface area contributed by atoms with Gasteiger partial charge in [0, 0.05) is 24.0 Å². The molecule has 3 aromatic rings. The van der Waals surface area contributed by atoms with Gasteiger partial charge in [0.05, 0.1) is 18.9 Å². The van der Waals surface area contributed by atoms with Crippen molar-refractivity contribution in [3.8, 4) is 17.2 Å². The molecule has 3 aliphatic rings. The highest BCUT2D eigenvalue weighted by Gasteiger charge is 2.52. The van der Waals surface area contributed by atoms with Crippen molar-refractivity contribution in [2.75, 3.05) is 18.5 Å². The third-order valence-electron chi connectivity index (χ3n) is 6.34. The number of aromatic hydroxyl groups is 1. The van der Waals surface area contributed by atoms with Crippen molar-refractivity contribution in [1.82, 2.24) is 0 Å². The number of anilines is 1. The molecular formula is C24H18FNO4. The minimum absolute atomic E-state index is 0.0957. The number of phenolic OH excluding ortho intramolecular Hbond substituents is 1. The zero-order chi connectivity index (χ0) is 20.5. The molecule has 0 bridgehead atoms. The molecule has 1 amide bonds. The molecule has 1 atom stereocenters. The lowest BCUT2D eigenvalue weighted by molar-refractivity contribution is -0.118. The molecule has 30 heavy (non-hydrogen) atoms. The highest BCUT2D eigenvalue weighted by Crippen LogP contribution is 2.53. The van der Waals surface area contributed by atoms with Crippen LogP contribution in [0.1, 0.15) is 27.8 Å². The molecule has 2 N–H and O–H groups in total. The van der Waals surface area contributed by atoms with Crippen molar-refractivity contribution in [3.63, 3.8) is 0 Å². The van der Waals surface area contributed by atoms with Gasteiger partial charge in [0.15, 0.2) is 11.6 Å². The molecule has 0 aromatic heterocycles. The molecule has 6 heteroatoms. The number of carbonyl (C=O) groups is 1. The normalized spacial score (nSPS) is 20.8. The molecule has 6 rings (SSSR count). The lowest BCUT2D eigenvalue weighted by atomic mass is 9.69. The van der Waals surface area contributed by atoms with Crippen LogP contribution in [-0.4, -0.2) is 24.2 Å². The fraction of sp³-hybridized carbons (Fsp3) is 0.208. The lowest BCUT2D eigenvalue weighted by Gasteiger charge is -2.29. The van der Waals surface area contributed by atoms with Gasteiger partial charge in [-0.05, 0) is 41.0 Å². The third kappa shape index (κ3) is 2.13. The van der Waals surface area contributed by atoms with Crippen molar-refractivity contribution >= 4 is 11.6 Å². The SMILES string of the molecule is O=C1Nc2c(cc(F)c3c2CCO3)C1(c1ccc(O)cc1)c1ccc2c(c1)OCC2. The van der Waals surface area contributed by atoms with E-state index in [-0.39, 0.29) is 17.4 Å². The summed E-state index contributed by atoms with van der Waals surface area (Å²) >= 11 is 0. The van der Waals surface area contributed by atoms with Crippen LogP contribution in [-0.2, 0) is 23.1 Å². The predicted molar refractivity (Wildman–Crippen MR) is 108 cm³/mol. The molecule has 0 saturated carbocycles. The number of halogens is 1. The molecule has 5 nitrogen and oxygen atoms in total. The number of fused-ring (bicyclic) bond motifs is 4. The summed E-state index contributed by atoms with van der Waals surface area (Å²) in [5, 5.41) is 12.8. The summed E-state index contributed by atoms with van der Waals surface area (Å²) in [5.74, 6) is 0.321. The monoisotopic (exact) mass is 403 g/mol. The van der Waals surface area contributed by atoms with Crippen molar-refractivity contribution < 1.29 is 23.8 Å². The van der Waals surface area contributed by atoms with Crippen LogP contribution in [0.15, 0.2) is 48.5 Å². The average Bonchev–Trinajstić information content (AvgIpc) is 3.46. The molecule has 0 fully saturated rings. The summed E-state index contributed by atoms with van der Waals surface area (Å²) in [5.41, 5.74) is 3.03. The van der Waals surface area contributed by atoms with Gasteiger partial charge in [0.1, 0.15) is 16.9 Å². The molecule has 0 radical (unpaired) electrons. The first-order valence-corrected chi connectivity index (χ1v) is 9.95. The van der Waals surface area contributed by atoms with Gasteiger partial charge in [0.2, 0.25) is 5.91 Å². The van der Waals surface area contributed by atoms with E-state index in [1.807, 2.05) is 18.2 Å². The van der Waals surface area contributed by atoms with Gasteiger partial charge in [-0.2, -0.15) is 0 Å². The Morgan fingerprint density at radius 2 is 1.73 bits per heavy atom. The Hall–Kier alpha value is -3.54. The second kappa shape index (κ2) is 5.98. The standard InChI is InChI=1S/C24H18FNO4/c25-19-12-18-21(17-8-10-30-22(17)19)26-23(28)24(18,14-3-5-16(27)6-4-14)15-2-1-13-7-9-29-20(13)11-15/h1-6,11-12,27H,7-10H2,(H,26,28). The summed E-state index contributed by atoms with van der Waals surface area (Å²) in [6.07, 6.45) is 1.36. The van der Waals surface area contributed by atoms with Gasteiger partial charge < -0.3 is 19.9 Å². The number of benzene rings is 3. The van der Waals surface area contributed by atoms with Gasteiger partial charge in [-0.25, -0.2) is 4.39 Å². The first kappa shape index (κ1) is 17.3. The van der Waals surface area contributed by atoms with E-state index in [0.29, 0.717) is 47.6 Å². The first-order valence-electron chi connectivity index (χ1n) is 9.95. The zero-order valence-electron chi connectivity index (χ0n) is 16.0. The van der Waals surface area contributed by atoms with E-state index in [2.05, 4.69) is 5.32 Å². The van der Waals surface area contributed by atoms with E-state index in [0.717, 1.165) is 17.7 Å². The average molecular weight is 403 g/mol.